The number of carbonyl (C=O) groups is 2. The first-order valence-electron chi connectivity index (χ1n) is 8.99. The number of sulfone groups is 1. The summed E-state index contributed by atoms with van der Waals surface area (Å²) in [6.07, 6.45) is 0. The second-order valence-corrected chi connectivity index (χ2v) is 8.50. The van der Waals surface area contributed by atoms with Crippen molar-refractivity contribution in [1.82, 2.24) is 10.2 Å². The third kappa shape index (κ3) is 4.58. The number of rotatable bonds is 5. The van der Waals surface area contributed by atoms with Crippen LogP contribution in [0.1, 0.15) is 10.8 Å². The maximum Gasteiger partial charge on any atom is 0.312 e. The van der Waals surface area contributed by atoms with Crippen LogP contribution >= 0.6 is 0 Å². The number of amides is 2. The van der Waals surface area contributed by atoms with E-state index in [1.165, 1.54) is 17.0 Å². The van der Waals surface area contributed by atoms with Gasteiger partial charge in [-0.2, -0.15) is 0 Å². The van der Waals surface area contributed by atoms with Crippen LogP contribution in [0.25, 0.3) is 0 Å². The molecule has 28 heavy (non-hydrogen) atoms. The standard InChI is InChI=1S/C20H22N2O5S/c23-19(20(24)22-11-13-27-14-12-22)21-15-18(16-7-3-1-4-8-16)28(25,26)17-9-5-2-6-10-17/h1-10,18H,11-15H2,(H,21,23)/t18-/m1/s1. The predicted molar refractivity (Wildman–Crippen MR) is 103 cm³/mol. The molecule has 2 aromatic carbocycles. The van der Waals surface area contributed by atoms with E-state index in [1.807, 2.05) is 0 Å². The van der Waals surface area contributed by atoms with Crippen molar-refractivity contribution in [3.05, 3.63) is 66.2 Å². The maximum atomic E-state index is 13.2. The molecule has 1 aliphatic rings. The molecule has 1 fully saturated rings. The first kappa shape index (κ1) is 20.0. The highest BCUT2D eigenvalue weighted by Gasteiger charge is 2.31. The molecule has 8 heteroatoms. The fourth-order valence-corrected chi connectivity index (χ4v) is 4.70. The number of hydrogen-bond acceptors (Lipinski definition) is 5. The van der Waals surface area contributed by atoms with Crippen LogP contribution in [0.2, 0.25) is 0 Å². The number of ether oxygens (including phenoxy) is 1. The minimum Gasteiger partial charge on any atom is -0.378 e. The first-order chi connectivity index (χ1) is 13.5. The molecule has 0 unspecified atom stereocenters. The summed E-state index contributed by atoms with van der Waals surface area (Å²) in [7, 11) is -3.76. The molecule has 1 heterocycles. The number of nitrogens with zero attached hydrogens (tertiary/aromatic N) is 1. The Morgan fingerprint density at radius 2 is 1.54 bits per heavy atom. The summed E-state index contributed by atoms with van der Waals surface area (Å²) in [5.41, 5.74) is 0.547. The largest absolute Gasteiger partial charge is 0.378 e. The van der Waals surface area contributed by atoms with E-state index in [2.05, 4.69) is 5.32 Å². The van der Waals surface area contributed by atoms with Gasteiger partial charge in [-0.1, -0.05) is 48.5 Å². The van der Waals surface area contributed by atoms with Crippen molar-refractivity contribution >= 4 is 21.7 Å². The second kappa shape index (κ2) is 8.99. The Morgan fingerprint density at radius 1 is 0.964 bits per heavy atom. The van der Waals surface area contributed by atoms with Crippen molar-refractivity contribution < 1.29 is 22.7 Å². The predicted octanol–water partition coefficient (Wildman–Crippen LogP) is 1.18. The van der Waals surface area contributed by atoms with Crippen molar-refractivity contribution in [2.75, 3.05) is 32.8 Å². The summed E-state index contributed by atoms with van der Waals surface area (Å²) in [6.45, 7) is 1.26. The van der Waals surface area contributed by atoms with Crippen LogP contribution in [-0.4, -0.2) is 58.0 Å². The highest BCUT2D eigenvalue weighted by Crippen LogP contribution is 2.28. The van der Waals surface area contributed by atoms with Crippen molar-refractivity contribution in [2.24, 2.45) is 0 Å². The molecule has 0 spiro atoms. The summed E-state index contributed by atoms with van der Waals surface area (Å²) in [6, 6.07) is 16.7. The lowest BCUT2D eigenvalue weighted by Crippen LogP contribution is -2.48. The molecule has 1 N–H and O–H groups in total. The van der Waals surface area contributed by atoms with E-state index in [-0.39, 0.29) is 11.4 Å². The summed E-state index contributed by atoms with van der Waals surface area (Å²) in [5, 5.41) is 1.50. The molecule has 0 aliphatic carbocycles. The van der Waals surface area contributed by atoms with Crippen molar-refractivity contribution in [2.45, 2.75) is 10.1 Å². The molecule has 0 radical (unpaired) electrons. The summed E-state index contributed by atoms with van der Waals surface area (Å²) < 4.78 is 31.5. The van der Waals surface area contributed by atoms with Crippen LogP contribution in [0.15, 0.2) is 65.6 Å². The molecule has 0 saturated carbocycles. The van der Waals surface area contributed by atoms with E-state index in [4.69, 9.17) is 4.74 Å². The fourth-order valence-electron chi connectivity index (χ4n) is 3.02. The van der Waals surface area contributed by atoms with Gasteiger partial charge in [-0.3, -0.25) is 9.59 Å². The van der Waals surface area contributed by atoms with Gasteiger partial charge >= 0.3 is 11.8 Å². The minimum atomic E-state index is -3.76. The Balaban J connectivity index is 1.79. The van der Waals surface area contributed by atoms with Gasteiger partial charge in [0.1, 0.15) is 5.25 Å². The monoisotopic (exact) mass is 402 g/mol. The molecule has 0 aromatic heterocycles. The number of morpholine rings is 1. The van der Waals surface area contributed by atoms with Gasteiger partial charge in [0.2, 0.25) is 0 Å². The number of carbonyl (C=O) groups excluding carboxylic acids is 2. The van der Waals surface area contributed by atoms with Crippen molar-refractivity contribution in [3.63, 3.8) is 0 Å². The number of hydrogen-bond donors (Lipinski definition) is 1. The second-order valence-electron chi connectivity index (χ2n) is 6.37. The zero-order valence-corrected chi connectivity index (χ0v) is 16.1. The Labute approximate surface area is 164 Å². The Morgan fingerprint density at radius 3 is 2.14 bits per heavy atom. The topological polar surface area (TPSA) is 92.8 Å². The molecule has 1 atom stereocenters. The lowest BCUT2D eigenvalue weighted by Gasteiger charge is -2.26. The van der Waals surface area contributed by atoms with Gasteiger partial charge in [0.15, 0.2) is 9.84 Å². The Hall–Kier alpha value is -2.71. The van der Waals surface area contributed by atoms with E-state index in [9.17, 15) is 18.0 Å². The first-order valence-corrected chi connectivity index (χ1v) is 10.5. The average molecular weight is 402 g/mol. The molecule has 1 aliphatic heterocycles. The Kier molecular flexibility index (Phi) is 6.43. The SMILES string of the molecule is O=C(NC[C@H](c1ccccc1)S(=O)(=O)c1ccccc1)C(=O)N1CCOCC1. The molecule has 0 bridgehead atoms. The summed E-state index contributed by atoms with van der Waals surface area (Å²) in [5.74, 6) is -1.49. The van der Waals surface area contributed by atoms with Gasteiger partial charge in [-0.05, 0) is 17.7 Å². The highest BCUT2D eigenvalue weighted by molar-refractivity contribution is 7.91. The number of nitrogens with one attached hydrogen (secondary N) is 1. The van der Waals surface area contributed by atoms with Gasteiger partial charge in [0, 0.05) is 19.6 Å². The van der Waals surface area contributed by atoms with Gasteiger partial charge < -0.3 is 15.0 Å². The van der Waals surface area contributed by atoms with Crippen LogP contribution in [0.4, 0.5) is 0 Å². The molecule has 1 saturated heterocycles. The minimum absolute atomic E-state index is 0.164. The van der Waals surface area contributed by atoms with E-state index in [0.717, 1.165) is 0 Å². The number of benzene rings is 2. The van der Waals surface area contributed by atoms with Gasteiger partial charge in [0.25, 0.3) is 0 Å². The third-order valence-electron chi connectivity index (χ3n) is 4.56. The lowest BCUT2D eigenvalue weighted by molar-refractivity contribution is -0.148. The van der Waals surface area contributed by atoms with Gasteiger partial charge in [-0.25, -0.2) is 8.42 Å². The quantitative estimate of drug-likeness (QED) is 0.758. The van der Waals surface area contributed by atoms with Crippen LogP contribution in [0.3, 0.4) is 0 Å². The molecule has 2 aromatic rings. The van der Waals surface area contributed by atoms with E-state index in [1.54, 1.807) is 48.5 Å². The molecular formula is C20H22N2O5S. The molecule has 7 nitrogen and oxygen atoms in total. The van der Waals surface area contributed by atoms with Gasteiger partial charge in [-0.15, -0.1) is 0 Å². The van der Waals surface area contributed by atoms with Crippen LogP contribution in [0, 0.1) is 0 Å². The molecule has 3 rings (SSSR count). The lowest BCUT2D eigenvalue weighted by atomic mass is 10.1. The van der Waals surface area contributed by atoms with Crippen molar-refractivity contribution in [3.8, 4) is 0 Å². The fraction of sp³-hybridized carbons (Fsp3) is 0.300. The van der Waals surface area contributed by atoms with Crippen molar-refractivity contribution in [1.29, 1.82) is 0 Å². The maximum absolute atomic E-state index is 13.2. The summed E-state index contributed by atoms with van der Waals surface area (Å²) in [4.78, 5) is 26.1. The highest BCUT2D eigenvalue weighted by atomic mass is 32.2. The van der Waals surface area contributed by atoms with Crippen LogP contribution in [0.5, 0.6) is 0 Å². The Bertz CT molecular complexity index is 910. The van der Waals surface area contributed by atoms with E-state index < -0.39 is 26.9 Å². The third-order valence-corrected chi connectivity index (χ3v) is 6.68. The smallest absolute Gasteiger partial charge is 0.312 e. The zero-order chi connectivity index (χ0) is 20.0. The van der Waals surface area contributed by atoms with Crippen LogP contribution in [-0.2, 0) is 24.2 Å². The summed E-state index contributed by atoms with van der Waals surface area (Å²) >= 11 is 0. The van der Waals surface area contributed by atoms with Gasteiger partial charge in [0.05, 0.1) is 18.1 Å². The molecule has 148 valence electrons. The molecule has 2 amide bonds. The molecular weight excluding hydrogens is 380 g/mol. The normalized spacial score (nSPS) is 15.6. The average Bonchev–Trinajstić information content (AvgIpc) is 2.75. The van der Waals surface area contributed by atoms with E-state index in [0.29, 0.717) is 31.9 Å². The van der Waals surface area contributed by atoms with Crippen LogP contribution < -0.4 is 5.32 Å². The van der Waals surface area contributed by atoms with E-state index >= 15 is 0 Å². The zero-order valence-electron chi connectivity index (χ0n) is 15.3.